The third-order valence-corrected chi connectivity index (χ3v) is 2.94. The van der Waals surface area contributed by atoms with Crippen LogP contribution in [0.4, 0.5) is 5.69 Å². The molecule has 1 aliphatic rings. The van der Waals surface area contributed by atoms with E-state index in [1.807, 2.05) is 12.1 Å². The molecule has 1 aromatic carbocycles. The van der Waals surface area contributed by atoms with Crippen molar-refractivity contribution in [3.8, 4) is 0 Å². The molecule has 15 heavy (non-hydrogen) atoms. The Labute approximate surface area is 90.5 Å². The summed E-state index contributed by atoms with van der Waals surface area (Å²) in [5.41, 5.74) is 7.74. The van der Waals surface area contributed by atoms with Gasteiger partial charge in [0.15, 0.2) is 0 Å². The van der Waals surface area contributed by atoms with Crippen LogP contribution in [0, 0.1) is 0 Å². The highest BCUT2D eigenvalue weighted by Gasteiger charge is 2.16. The van der Waals surface area contributed by atoms with Crippen LogP contribution in [-0.2, 0) is 6.54 Å². The number of rotatable bonds is 2. The van der Waals surface area contributed by atoms with Crippen molar-refractivity contribution in [3.63, 3.8) is 0 Å². The van der Waals surface area contributed by atoms with Crippen LogP contribution in [0.1, 0.15) is 18.4 Å². The van der Waals surface area contributed by atoms with Gasteiger partial charge in [-0.15, -0.1) is 0 Å². The lowest BCUT2D eigenvalue weighted by molar-refractivity contribution is 0.0792. The van der Waals surface area contributed by atoms with E-state index in [0.717, 1.165) is 38.2 Å². The Balaban J connectivity index is 1.89. The van der Waals surface area contributed by atoms with Crippen LogP contribution in [0.2, 0.25) is 0 Å². The molecule has 1 aliphatic heterocycles. The zero-order chi connectivity index (χ0) is 10.7. The van der Waals surface area contributed by atoms with Crippen molar-refractivity contribution < 1.29 is 5.11 Å². The Hall–Kier alpha value is -1.06. The van der Waals surface area contributed by atoms with E-state index < -0.39 is 0 Å². The number of anilines is 1. The van der Waals surface area contributed by atoms with Gasteiger partial charge in [0.05, 0.1) is 6.10 Å². The first-order valence-corrected chi connectivity index (χ1v) is 5.49. The number of nitrogens with zero attached hydrogens (tertiary/aromatic N) is 1. The zero-order valence-electron chi connectivity index (χ0n) is 8.89. The van der Waals surface area contributed by atoms with Crippen molar-refractivity contribution in [3.05, 3.63) is 29.8 Å². The topological polar surface area (TPSA) is 49.5 Å². The van der Waals surface area contributed by atoms with Gasteiger partial charge in [0.1, 0.15) is 0 Å². The monoisotopic (exact) mass is 206 g/mol. The van der Waals surface area contributed by atoms with E-state index in [2.05, 4.69) is 17.0 Å². The molecule has 1 heterocycles. The molecule has 0 unspecified atom stereocenters. The van der Waals surface area contributed by atoms with Gasteiger partial charge < -0.3 is 10.8 Å². The van der Waals surface area contributed by atoms with Crippen molar-refractivity contribution in [1.82, 2.24) is 4.90 Å². The maximum atomic E-state index is 9.39. The fraction of sp³-hybridized carbons (Fsp3) is 0.500. The Kier molecular flexibility index (Phi) is 3.23. The highest BCUT2D eigenvalue weighted by Crippen LogP contribution is 2.14. The summed E-state index contributed by atoms with van der Waals surface area (Å²) in [6.45, 7) is 2.95. The molecule has 1 aromatic rings. The Morgan fingerprint density at radius 2 is 1.80 bits per heavy atom. The summed E-state index contributed by atoms with van der Waals surface area (Å²) in [4.78, 5) is 2.37. The first-order chi connectivity index (χ1) is 7.24. The smallest absolute Gasteiger partial charge is 0.0564 e. The lowest BCUT2D eigenvalue weighted by atomic mass is 10.1. The summed E-state index contributed by atoms with van der Waals surface area (Å²) in [7, 11) is 0. The van der Waals surface area contributed by atoms with Gasteiger partial charge in [0.2, 0.25) is 0 Å². The van der Waals surface area contributed by atoms with E-state index in [9.17, 15) is 5.11 Å². The first kappa shape index (κ1) is 10.5. The number of nitrogens with two attached hydrogens (primary N) is 1. The van der Waals surface area contributed by atoms with E-state index in [4.69, 9.17) is 5.73 Å². The van der Waals surface area contributed by atoms with Gasteiger partial charge in [-0.1, -0.05) is 12.1 Å². The zero-order valence-corrected chi connectivity index (χ0v) is 8.89. The third kappa shape index (κ3) is 2.94. The first-order valence-electron chi connectivity index (χ1n) is 5.49. The molecular weight excluding hydrogens is 188 g/mol. The molecule has 0 aromatic heterocycles. The van der Waals surface area contributed by atoms with Gasteiger partial charge >= 0.3 is 0 Å². The van der Waals surface area contributed by atoms with Gasteiger partial charge in [-0.25, -0.2) is 0 Å². The van der Waals surface area contributed by atoms with E-state index in [0.29, 0.717) is 0 Å². The van der Waals surface area contributed by atoms with E-state index in [1.165, 1.54) is 5.56 Å². The molecule has 82 valence electrons. The van der Waals surface area contributed by atoms with Gasteiger partial charge in [-0.2, -0.15) is 0 Å². The Bertz CT molecular complexity index is 302. The Morgan fingerprint density at radius 3 is 2.40 bits per heavy atom. The van der Waals surface area contributed by atoms with Crippen LogP contribution in [0.3, 0.4) is 0 Å². The molecule has 3 heteroatoms. The van der Waals surface area contributed by atoms with Crippen LogP contribution < -0.4 is 5.73 Å². The molecule has 3 N–H and O–H groups in total. The standard InChI is InChI=1S/C12H18N2O/c13-11-3-1-10(2-4-11)9-14-7-5-12(15)6-8-14/h1-4,12,15H,5-9,13H2. The number of piperidine rings is 1. The Morgan fingerprint density at radius 1 is 1.20 bits per heavy atom. The SMILES string of the molecule is Nc1ccc(CN2CCC(O)CC2)cc1. The quantitative estimate of drug-likeness (QED) is 0.715. The average Bonchev–Trinajstić information content (AvgIpc) is 2.25. The molecule has 0 radical (unpaired) electrons. The molecular formula is C12H18N2O. The van der Waals surface area contributed by atoms with Crippen LogP contribution >= 0.6 is 0 Å². The van der Waals surface area contributed by atoms with Gasteiger partial charge in [0.25, 0.3) is 0 Å². The maximum Gasteiger partial charge on any atom is 0.0564 e. The largest absolute Gasteiger partial charge is 0.399 e. The van der Waals surface area contributed by atoms with Crippen LogP contribution in [-0.4, -0.2) is 29.2 Å². The normalized spacial score (nSPS) is 19.3. The van der Waals surface area contributed by atoms with E-state index in [-0.39, 0.29) is 6.10 Å². The fourth-order valence-corrected chi connectivity index (χ4v) is 1.96. The predicted molar refractivity (Wildman–Crippen MR) is 61.4 cm³/mol. The van der Waals surface area contributed by atoms with Crippen LogP contribution in [0.5, 0.6) is 0 Å². The van der Waals surface area contributed by atoms with Gasteiger partial charge in [0, 0.05) is 25.3 Å². The second kappa shape index (κ2) is 4.64. The van der Waals surface area contributed by atoms with Gasteiger partial charge in [-0.05, 0) is 30.5 Å². The number of likely N-dealkylation sites (tertiary alicyclic amines) is 1. The molecule has 0 bridgehead atoms. The number of benzene rings is 1. The van der Waals surface area contributed by atoms with E-state index >= 15 is 0 Å². The minimum absolute atomic E-state index is 0.0901. The lowest BCUT2D eigenvalue weighted by Gasteiger charge is -2.29. The summed E-state index contributed by atoms with van der Waals surface area (Å²) in [5.74, 6) is 0. The van der Waals surface area contributed by atoms with Gasteiger partial charge in [-0.3, -0.25) is 4.90 Å². The third-order valence-electron chi connectivity index (χ3n) is 2.94. The molecule has 1 saturated heterocycles. The van der Waals surface area contributed by atoms with Crippen LogP contribution in [0.25, 0.3) is 0 Å². The summed E-state index contributed by atoms with van der Waals surface area (Å²) < 4.78 is 0. The summed E-state index contributed by atoms with van der Waals surface area (Å²) in [5, 5.41) is 9.39. The minimum Gasteiger partial charge on any atom is -0.399 e. The van der Waals surface area contributed by atoms with Crippen molar-refractivity contribution in [2.75, 3.05) is 18.8 Å². The fourth-order valence-electron chi connectivity index (χ4n) is 1.96. The van der Waals surface area contributed by atoms with Crippen LogP contribution in [0.15, 0.2) is 24.3 Å². The number of nitrogen functional groups attached to an aromatic ring is 1. The lowest BCUT2D eigenvalue weighted by Crippen LogP contribution is -2.35. The van der Waals surface area contributed by atoms with E-state index in [1.54, 1.807) is 0 Å². The molecule has 0 saturated carbocycles. The second-order valence-electron chi connectivity index (χ2n) is 4.25. The predicted octanol–water partition coefficient (Wildman–Crippen LogP) is 1.23. The summed E-state index contributed by atoms with van der Waals surface area (Å²) >= 11 is 0. The van der Waals surface area contributed by atoms with Crippen molar-refractivity contribution in [1.29, 1.82) is 0 Å². The highest BCUT2D eigenvalue weighted by molar-refractivity contribution is 5.39. The number of aliphatic hydroxyl groups is 1. The average molecular weight is 206 g/mol. The molecule has 1 fully saturated rings. The molecule has 2 rings (SSSR count). The molecule has 0 amide bonds. The van der Waals surface area contributed by atoms with Crippen molar-refractivity contribution >= 4 is 5.69 Å². The number of aliphatic hydroxyl groups excluding tert-OH is 1. The number of hydrogen-bond acceptors (Lipinski definition) is 3. The molecule has 0 aliphatic carbocycles. The minimum atomic E-state index is -0.0901. The second-order valence-corrected chi connectivity index (χ2v) is 4.25. The maximum absolute atomic E-state index is 9.39. The van der Waals surface area contributed by atoms with Crippen molar-refractivity contribution in [2.45, 2.75) is 25.5 Å². The summed E-state index contributed by atoms with van der Waals surface area (Å²) in [6.07, 6.45) is 1.71. The molecule has 0 spiro atoms. The van der Waals surface area contributed by atoms with Crippen molar-refractivity contribution in [2.24, 2.45) is 0 Å². The number of hydrogen-bond donors (Lipinski definition) is 2. The molecule has 3 nitrogen and oxygen atoms in total. The highest BCUT2D eigenvalue weighted by atomic mass is 16.3. The summed E-state index contributed by atoms with van der Waals surface area (Å²) in [6, 6.07) is 8.02. The molecule has 0 atom stereocenters.